The summed E-state index contributed by atoms with van der Waals surface area (Å²) in [7, 11) is 0. The number of carbonyl (C=O) groups is 6. The van der Waals surface area contributed by atoms with E-state index < -0.39 is 84.2 Å². The molecule has 15 nitrogen and oxygen atoms in total. The van der Waals surface area contributed by atoms with E-state index in [-0.39, 0.29) is 12.2 Å². The van der Waals surface area contributed by atoms with Crippen molar-refractivity contribution < 1.29 is 44.1 Å². The average molecular weight is 579 g/mol. The first-order valence-corrected chi connectivity index (χ1v) is 13.2. The maximum absolute atomic E-state index is 13.1. The Kier molecular flexibility index (Phi) is 17.0. The molecule has 0 unspecified atom stereocenters. The van der Waals surface area contributed by atoms with Crippen molar-refractivity contribution >= 4 is 48.2 Å². The minimum Gasteiger partial charge on any atom is -0.481 e. The quantitative estimate of drug-likeness (QED) is 0.0556. The number of carbonyl (C=O) groups excluding carboxylic acids is 4. The van der Waals surface area contributed by atoms with Gasteiger partial charge in [-0.25, -0.2) is 4.79 Å². The molecule has 11 N–H and O–H groups in total. The fraction of sp³-hybridized carbons (Fsp3) is 0.739. The van der Waals surface area contributed by atoms with Crippen molar-refractivity contribution in [1.29, 1.82) is 0 Å². The molecule has 16 heteroatoms. The number of nitrogens with one attached hydrogen (secondary N) is 4. The number of amides is 4. The number of carboxylic acid groups (broad SMARTS) is 2. The summed E-state index contributed by atoms with van der Waals surface area (Å²) in [4.78, 5) is 73.4. The van der Waals surface area contributed by atoms with E-state index in [1.54, 1.807) is 13.8 Å². The van der Waals surface area contributed by atoms with Gasteiger partial charge in [-0.2, -0.15) is 12.6 Å². The molecule has 0 bridgehead atoms. The highest BCUT2D eigenvalue weighted by Crippen LogP contribution is 2.10. The van der Waals surface area contributed by atoms with Gasteiger partial charge in [0.2, 0.25) is 23.6 Å². The highest BCUT2D eigenvalue weighted by molar-refractivity contribution is 7.80. The topological polar surface area (TPSA) is 263 Å². The number of unbranched alkanes of at least 4 members (excludes halogenated alkanes) is 1. The number of thiol groups is 1. The number of aliphatic carboxylic acids is 2. The van der Waals surface area contributed by atoms with Crippen LogP contribution in [-0.2, 0) is 28.8 Å². The number of carboxylic acids is 2. The molecule has 0 aliphatic carbocycles. The van der Waals surface area contributed by atoms with Crippen LogP contribution in [-0.4, -0.2) is 99.5 Å². The molecule has 0 saturated carbocycles. The Morgan fingerprint density at radius 2 is 1.36 bits per heavy atom. The molecule has 0 saturated heterocycles. The molecule has 4 amide bonds. The molecule has 7 atom stereocenters. The zero-order valence-electron chi connectivity index (χ0n) is 22.4. The summed E-state index contributed by atoms with van der Waals surface area (Å²) in [5.74, 6) is -6.74. The highest BCUT2D eigenvalue weighted by atomic mass is 32.1. The Morgan fingerprint density at radius 1 is 0.821 bits per heavy atom. The van der Waals surface area contributed by atoms with Gasteiger partial charge < -0.3 is 48.1 Å². The SMILES string of the molecule is CC[C@H](C)[C@H](NC(=O)[C@@H](N)CC(=O)O)C(=O)N[C@H](C(=O)N[C@@H](CCCCN)C(=O)N[C@@H](CS)C(=O)O)[C@@H](C)O. The van der Waals surface area contributed by atoms with Gasteiger partial charge in [-0.1, -0.05) is 20.3 Å². The third-order valence-electron chi connectivity index (χ3n) is 5.96. The van der Waals surface area contributed by atoms with Crippen LogP contribution in [0.15, 0.2) is 0 Å². The Hall–Kier alpha value is -2.95. The Bertz CT molecular complexity index is 860. The average Bonchev–Trinajstić information content (AvgIpc) is 2.86. The molecular formula is C23H42N6O9S. The van der Waals surface area contributed by atoms with Crippen LogP contribution in [0.3, 0.4) is 0 Å². The third-order valence-corrected chi connectivity index (χ3v) is 6.33. The van der Waals surface area contributed by atoms with Crippen LogP contribution in [0, 0.1) is 5.92 Å². The van der Waals surface area contributed by atoms with Gasteiger partial charge >= 0.3 is 11.9 Å². The smallest absolute Gasteiger partial charge is 0.327 e. The fourth-order valence-corrected chi connectivity index (χ4v) is 3.62. The largest absolute Gasteiger partial charge is 0.481 e. The number of aliphatic hydroxyl groups excluding tert-OH is 1. The summed E-state index contributed by atoms with van der Waals surface area (Å²) in [6.07, 6.45) is -0.654. The van der Waals surface area contributed by atoms with Gasteiger partial charge in [-0.15, -0.1) is 0 Å². The van der Waals surface area contributed by atoms with E-state index in [1.807, 2.05) is 0 Å². The van der Waals surface area contributed by atoms with Crippen molar-refractivity contribution in [3.05, 3.63) is 0 Å². The van der Waals surface area contributed by atoms with Crippen LogP contribution in [0.5, 0.6) is 0 Å². The van der Waals surface area contributed by atoms with Crippen LogP contribution in [0.2, 0.25) is 0 Å². The third kappa shape index (κ3) is 13.1. The van der Waals surface area contributed by atoms with E-state index in [1.165, 1.54) is 6.92 Å². The van der Waals surface area contributed by atoms with Gasteiger partial charge in [0.25, 0.3) is 0 Å². The molecule has 224 valence electrons. The van der Waals surface area contributed by atoms with Gasteiger partial charge in [0.1, 0.15) is 24.2 Å². The second-order valence-corrected chi connectivity index (χ2v) is 9.60. The predicted molar refractivity (Wildman–Crippen MR) is 143 cm³/mol. The van der Waals surface area contributed by atoms with Crippen molar-refractivity contribution in [3.63, 3.8) is 0 Å². The second-order valence-electron chi connectivity index (χ2n) is 9.23. The van der Waals surface area contributed by atoms with Gasteiger partial charge in [-0.3, -0.25) is 24.0 Å². The molecule has 0 aromatic heterocycles. The lowest BCUT2D eigenvalue weighted by molar-refractivity contribution is -0.142. The monoisotopic (exact) mass is 578 g/mol. The van der Waals surface area contributed by atoms with E-state index in [0.29, 0.717) is 25.8 Å². The predicted octanol–water partition coefficient (Wildman–Crippen LogP) is -2.70. The molecule has 0 aliphatic rings. The summed E-state index contributed by atoms with van der Waals surface area (Å²) in [6, 6.07) is -6.71. The number of hydrogen-bond donors (Lipinski definition) is 10. The fourth-order valence-electron chi connectivity index (χ4n) is 3.37. The minimum atomic E-state index is -1.56. The van der Waals surface area contributed by atoms with Crippen LogP contribution in [0.1, 0.15) is 52.9 Å². The van der Waals surface area contributed by atoms with Gasteiger partial charge in [-0.05, 0) is 38.6 Å². The first-order valence-electron chi connectivity index (χ1n) is 12.6. The van der Waals surface area contributed by atoms with Crippen molar-refractivity contribution in [3.8, 4) is 0 Å². The van der Waals surface area contributed by atoms with Gasteiger partial charge in [0, 0.05) is 5.75 Å². The normalized spacial score (nSPS) is 16.4. The standard InChI is InChI=1S/C23H42N6O9S/c1-4-11(2)17(28-19(33)13(25)9-16(31)32)21(35)29-18(12(3)30)22(36)26-14(7-5-6-8-24)20(34)27-15(10-39)23(37)38/h11-15,17-18,30,39H,4-10,24-25H2,1-3H3,(H,26,36)(H,27,34)(H,28,33)(H,29,35)(H,31,32)(H,37,38)/t11-,12+,13-,14-,15-,17-,18-/m0/s1. The van der Waals surface area contributed by atoms with Crippen molar-refractivity contribution in [2.75, 3.05) is 12.3 Å². The summed E-state index contributed by atoms with van der Waals surface area (Å²) < 4.78 is 0. The minimum absolute atomic E-state index is 0.0984. The van der Waals surface area contributed by atoms with Crippen LogP contribution >= 0.6 is 12.6 Å². The van der Waals surface area contributed by atoms with E-state index in [2.05, 4.69) is 33.9 Å². The lowest BCUT2D eigenvalue weighted by atomic mass is 9.97. The molecule has 0 spiro atoms. The Balaban J connectivity index is 5.75. The lowest BCUT2D eigenvalue weighted by Crippen LogP contribution is -2.61. The van der Waals surface area contributed by atoms with Gasteiger partial charge in [0.05, 0.1) is 18.6 Å². The molecule has 39 heavy (non-hydrogen) atoms. The van der Waals surface area contributed by atoms with Crippen molar-refractivity contribution in [1.82, 2.24) is 21.3 Å². The van der Waals surface area contributed by atoms with Crippen LogP contribution < -0.4 is 32.7 Å². The van der Waals surface area contributed by atoms with E-state index in [0.717, 1.165) is 0 Å². The summed E-state index contributed by atoms with van der Waals surface area (Å²) in [6.45, 7) is 4.94. The Morgan fingerprint density at radius 3 is 1.82 bits per heavy atom. The molecule has 0 fully saturated rings. The first kappa shape index (κ1) is 36.0. The lowest BCUT2D eigenvalue weighted by Gasteiger charge is -2.29. The first-order chi connectivity index (χ1) is 18.2. The molecule has 0 aromatic rings. The molecule has 0 radical (unpaired) electrons. The van der Waals surface area contributed by atoms with Crippen molar-refractivity contribution in [2.24, 2.45) is 17.4 Å². The zero-order chi connectivity index (χ0) is 30.3. The maximum atomic E-state index is 13.1. The molecule has 0 aromatic carbocycles. The highest BCUT2D eigenvalue weighted by Gasteiger charge is 2.35. The number of nitrogens with two attached hydrogens (primary N) is 2. The van der Waals surface area contributed by atoms with Crippen LogP contribution in [0.4, 0.5) is 0 Å². The summed E-state index contributed by atoms with van der Waals surface area (Å²) in [5, 5.41) is 37.8. The summed E-state index contributed by atoms with van der Waals surface area (Å²) in [5.41, 5.74) is 11.1. The number of aliphatic hydroxyl groups is 1. The molecule has 0 heterocycles. The van der Waals surface area contributed by atoms with E-state index in [9.17, 15) is 39.0 Å². The molecule has 0 rings (SSSR count). The van der Waals surface area contributed by atoms with Crippen molar-refractivity contribution in [2.45, 2.75) is 89.2 Å². The van der Waals surface area contributed by atoms with Crippen LogP contribution in [0.25, 0.3) is 0 Å². The number of rotatable bonds is 19. The zero-order valence-corrected chi connectivity index (χ0v) is 23.3. The summed E-state index contributed by atoms with van der Waals surface area (Å²) >= 11 is 3.90. The van der Waals surface area contributed by atoms with Gasteiger partial charge in [0.15, 0.2) is 0 Å². The maximum Gasteiger partial charge on any atom is 0.327 e. The van der Waals surface area contributed by atoms with E-state index in [4.69, 9.17) is 16.6 Å². The van der Waals surface area contributed by atoms with E-state index >= 15 is 0 Å². The Labute approximate surface area is 232 Å². The molecule has 0 aliphatic heterocycles. The second kappa shape index (κ2) is 18.4. The molecular weight excluding hydrogens is 536 g/mol. The number of hydrogen-bond acceptors (Lipinski definition) is 10.